The molecule has 0 heterocycles. The molecule has 0 saturated heterocycles. The van der Waals surface area contributed by atoms with Gasteiger partial charge in [0.25, 0.3) is 0 Å². The molecule has 0 spiro atoms. The number of nitrogens with zero attached hydrogens (tertiary/aromatic N) is 1. The quantitative estimate of drug-likeness (QED) is 0.155. The van der Waals surface area contributed by atoms with Crippen molar-refractivity contribution < 1.29 is 5.11 Å². The molecule has 0 amide bonds. The number of unbranched alkanes of at least 4 members (excludes halogenated alkanes) is 8. The molecule has 1 N–H and O–H groups in total. The van der Waals surface area contributed by atoms with Gasteiger partial charge in [0.15, 0.2) is 0 Å². The molecular weight excluding hydrogens is 414 g/mol. The molecule has 0 rings (SSSR count). The van der Waals surface area contributed by atoms with Crippen molar-refractivity contribution in [2.24, 2.45) is 0 Å². The van der Waals surface area contributed by atoms with Gasteiger partial charge in [0.05, 0.1) is 6.10 Å². The molecule has 0 aliphatic heterocycles. The lowest BCUT2D eigenvalue weighted by molar-refractivity contribution is 0.225. The minimum atomic E-state index is -0.282. The highest BCUT2D eigenvalue weighted by Gasteiger charge is 2.20. The van der Waals surface area contributed by atoms with Gasteiger partial charge in [-0.05, 0) is 19.3 Å². The van der Waals surface area contributed by atoms with E-state index in [1.807, 2.05) is 11.8 Å². The van der Waals surface area contributed by atoms with Crippen LogP contribution in [0.1, 0.15) is 112 Å². The first-order chi connectivity index (χ1) is 13.9. The van der Waals surface area contributed by atoms with E-state index in [2.05, 4.69) is 39.5 Å². The fourth-order valence-corrected chi connectivity index (χ4v) is 5.60. The SMILES string of the molecule is CCCCCCCCCC(C)(C)SCC(O)CSC(=S)N(CCCC)CCCC. The fraction of sp³-hybridized carbons (Fsp3) is 0.958. The van der Waals surface area contributed by atoms with Crippen molar-refractivity contribution in [3.8, 4) is 0 Å². The highest BCUT2D eigenvalue weighted by Crippen LogP contribution is 2.31. The highest BCUT2D eigenvalue weighted by molar-refractivity contribution is 8.22. The Labute approximate surface area is 196 Å². The largest absolute Gasteiger partial charge is 0.391 e. The van der Waals surface area contributed by atoms with Crippen LogP contribution < -0.4 is 0 Å². The zero-order valence-electron chi connectivity index (χ0n) is 20.0. The standard InChI is InChI=1S/C24H49NOS3/c1-6-9-12-13-14-15-16-17-24(4,5)29-21-22(26)20-28-23(27)25(18-10-7-2)19-11-8-3/h22,26H,6-21H2,1-5H3. The summed E-state index contributed by atoms with van der Waals surface area (Å²) in [5.74, 6) is 1.52. The van der Waals surface area contributed by atoms with E-state index in [9.17, 15) is 5.11 Å². The molecule has 0 aliphatic rings. The van der Waals surface area contributed by atoms with Crippen LogP contribution in [0.25, 0.3) is 0 Å². The van der Waals surface area contributed by atoms with E-state index in [-0.39, 0.29) is 10.9 Å². The van der Waals surface area contributed by atoms with Crippen LogP contribution in [-0.2, 0) is 0 Å². The number of aliphatic hydroxyl groups excluding tert-OH is 1. The lowest BCUT2D eigenvalue weighted by Gasteiger charge is -2.27. The highest BCUT2D eigenvalue weighted by atomic mass is 32.2. The van der Waals surface area contributed by atoms with Gasteiger partial charge < -0.3 is 10.0 Å². The second-order valence-electron chi connectivity index (χ2n) is 8.87. The average molecular weight is 464 g/mol. The maximum atomic E-state index is 10.5. The van der Waals surface area contributed by atoms with Gasteiger partial charge in [-0.15, -0.1) is 0 Å². The van der Waals surface area contributed by atoms with Gasteiger partial charge in [0.1, 0.15) is 4.32 Å². The van der Waals surface area contributed by atoms with Crippen LogP contribution in [-0.4, -0.2) is 49.8 Å². The molecule has 0 saturated carbocycles. The minimum Gasteiger partial charge on any atom is -0.391 e. The third-order valence-electron chi connectivity index (χ3n) is 5.27. The van der Waals surface area contributed by atoms with Gasteiger partial charge >= 0.3 is 0 Å². The zero-order chi connectivity index (χ0) is 22.0. The summed E-state index contributed by atoms with van der Waals surface area (Å²) in [5.41, 5.74) is 0. The first-order valence-corrected chi connectivity index (χ1v) is 14.5. The fourth-order valence-electron chi connectivity index (χ4n) is 3.20. The number of hydrogen-bond acceptors (Lipinski definition) is 4. The van der Waals surface area contributed by atoms with Crippen LogP contribution in [0.5, 0.6) is 0 Å². The van der Waals surface area contributed by atoms with Crippen LogP contribution in [0, 0.1) is 0 Å². The van der Waals surface area contributed by atoms with Crippen LogP contribution in [0.15, 0.2) is 0 Å². The van der Waals surface area contributed by atoms with Crippen LogP contribution in [0.3, 0.4) is 0 Å². The number of thiocarbonyl (C=S) groups is 1. The predicted molar refractivity (Wildman–Crippen MR) is 142 cm³/mol. The third kappa shape index (κ3) is 17.9. The summed E-state index contributed by atoms with van der Waals surface area (Å²) in [6.45, 7) is 13.5. The van der Waals surface area contributed by atoms with Crippen molar-refractivity contribution in [2.75, 3.05) is 24.6 Å². The van der Waals surface area contributed by atoms with E-state index in [0.717, 1.165) is 23.2 Å². The van der Waals surface area contributed by atoms with Crippen molar-refractivity contribution >= 4 is 40.1 Å². The van der Waals surface area contributed by atoms with Crippen LogP contribution in [0.2, 0.25) is 0 Å². The molecule has 174 valence electrons. The second-order valence-corrected chi connectivity index (χ2v) is 12.2. The molecule has 1 unspecified atom stereocenters. The molecule has 0 radical (unpaired) electrons. The third-order valence-corrected chi connectivity index (χ3v) is 8.47. The molecule has 5 heteroatoms. The van der Waals surface area contributed by atoms with Crippen molar-refractivity contribution in [1.82, 2.24) is 4.90 Å². The zero-order valence-corrected chi connectivity index (χ0v) is 22.5. The molecule has 0 fully saturated rings. The van der Waals surface area contributed by atoms with Crippen molar-refractivity contribution in [3.63, 3.8) is 0 Å². The topological polar surface area (TPSA) is 23.5 Å². The monoisotopic (exact) mass is 463 g/mol. The maximum absolute atomic E-state index is 10.5. The van der Waals surface area contributed by atoms with Crippen molar-refractivity contribution in [1.29, 1.82) is 0 Å². The van der Waals surface area contributed by atoms with Gasteiger partial charge in [-0.1, -0.05) is 116 Å². The molecule has 0 aromatic rings. The van der Waals surface area contributed by atoms with E-state index in [1.165, 1.54) is 77.0 Å². The smallest absolute Gasteiger partial charge is 0.136 e. The van der Waals surface area contributed by atoms with Gasteiger partial charge in [-0.2, -0.15) is 11.8 Å². The van der Waals surface area contributed by atoms with Gasteiger partial charge in [-0.3, -0.25) is 0 Å². The number of thioether (sulfide) groups is 2. The number of aliphatic hydroxyl groups is 1. The molecule has 2 nitrogen and oxygen atoms in total. The predicted octanol–water partition coefficient (Wildman–Crippen LogP) is 7.92. The molecular formula is C24H49NOS3. The molecule has 0 aliphatic carbocycles. The Morgan fingerprint density at radius 3 is 1.90 bits per heavy atom. The second kappa shape index (κ2) is 19.3. The number of hydrogen-bond donors (Lipinski definition) is 1. The molecule has 0 aromatic carbocycles. The Kier molecular flexibility index (Phi) is 19.6. The molecule has 29 heavy (non-hydrogen) atoms. The molecule has 0 bridgehead atoms. The summed E-state index contributed by atoms with van der Waals surface area (Å²) in [5, 5.41) is 10.5. The molecule has 0 aromatic heterocycles. The first kappa shape index (κ1) is 29.5. The van der Waals surface area contributed by atoms with Crippen LogP contribution >= 0.6 is 35.7 Å². The lowest BCUT2D eigenvalue weighted by atomic mass is 10.0. The Balaban J connectivity index is 4.03. The summed E-state index contributed by atoms with van der Waals surface area (Å²) < 4.78 is 1.22. The molecule has 1 atom stereocenters. The summed E-state index contributed by atoms with van der Waals surface area (Å²) in [6, 6.07) is 0. The normalized spacial score (nSPS) is 12.9. The van der Waals surface area contributed by atoms with Crippen molar-refractivity contribution in [3.05, 3.63) is 0 Å². The van der Waals surface area contributed by atoms with E-state index >= 15 is 0 Å². The Bertz CT molecular complexity index is 382. The minimum absolute atomic E-state index is 0.254. The maximum Gasteiger partial charge on any atom is 0.136 e. The van der Waals surface area contributed by atoms with Gasteiger partial charge in [0, 0.05) is 29.3 Å². The summed E-state index contributed by atoms with van der Waals surface area (Å²) in [7, 11) is 0. The van der Waals surface area contributed by atoms with E-state index in [1.54, 1.807) is 11.8 Å². The first-order valence-electron chi connectivity index (χ1n) is 12.1. The Hall–Kier alpha value is 0.550. The van der Waals surface area contributed by atoms with E-state index in [0.29, 0.717) is 5.75 Å². The Morgan fingerprint density at radius 2 is 1.34 bits per heavy atom. The summed E-state index contributed by atoms with van der Waals surface area (Å²) >= 11 is 9.25. The van der Waals surface area contributed by atoms with Gasteiger partial charge in [-0.25, -0.2) is 0 Å². The lowest BCUT2D eigenvalue weighted by Crippen LogP contribution is -2.31. The van der Waals surface area contributed by atoms with Crippen molar-refractivity contribution in [2.45, 2.75) is 123 Å². The van der Waals surface area contributed by atoms with Crippen LogP contribution in [0.4, 0.5) is 0 Å². The van der Waals surface area contributed by atoms with Gasteiger partial charge in [0.2, 0.25) is 0 Å². The van der Waals surface area contributed by atoms with E-state index < -0.39 is 0 Å². The van der Waals surface area contributed by atoms with E-state index in [4.69, 9.17) is 12.2 Å². The average Bonchev–Trinajstić information content (AvgIpc) is 2.70. The number of rotatable bonds is 19. The summed E-state index contributed by atoms with van der Waals surface area (Å²) in [6.07, 6.45) is 15.3. The summed E-state index contributed by atoms with van der Waals surface area (Å²) in [4.78, 5) is 2.34. The Morgan fingerprint density at radius 1 is 0.828 bits per heavy atom.